The van der Waals surface area contributed by atoms with Gasteiger partial charge in [0.1, 0.15) is 0 Å². The Balaban J connectivity index is 0.00000225. The number of fused-ring (bicyclic) bond motifs is 1. The number of hydrogen-bond acceptors (Lipinski definition) is 0. The van der Waals surface area contributed by atoms with Crippen LogP contribution in [-0.4, -0.2) is 0 Å². The second-order valence-corrected chi connectivity index (χ2v) is 7.51. The van der Waals surface area contributed by atoms with Gasteiger partial charge in [0.25, 0.3) is 0 Å². The Morgan fingerprint density at radius 1 is 1.04 bits per heavy atom. The Hall–Kier alpha value is -1.20. The smallest absolute Gasteiger partial charge is 0.00606 e. The largest absolute Gasteiger partial charge is 0.0959 e. The standard InChI is InChI=1S/C24H28.Zr/c1-16(2)18(5)14-23-21-13-9-12-20(19-10-7-6-8-11-19)24(21)15-22(23)17(3)4;/h6-14,17,22-23H,1,15H2,2-5H3;. The van der Waals surface area contributed by atoms with Gasteiger partial charge < -0.3 is 0 Å². The van der Waals surface area contributed by atoms with Gasteiger partial charge >= 0.3 is 0 Å². The first-order valence-corrected chi connectivity index (χ1v) is 9.00. The zero-order chi connectivity index (χ0) is 17.3. The molecular formula is C24H28Zr. The summed E-state index contributed by atoms with van der Waals surface area (Å²) in [6.45, 7) is 13.1. The quantitative estimate of drug-likeness (QED) is 0.490. The first-order chi connectivity index (χ1) is 11.5. The minimum Gasteiger partial charge on any atom is -0.0959 e. The van der Waals surface area contributed by atoms with Gasteiger partial charge in [0.05, 0.1) is 0 Å². The molecule has 2 atom stereocenters. The fourth-order valence-corrected chi connectivity index (χ4v) is 3.90. The Labute approximate surface area is 172 Å². The summed E-state index contributed by atoms with van der Waals surface area (Å²) in [5, 5.41) is 0. The zero-order valence-electron chi connectivity index (χ0n) is 15.8. The molecule has 0 radical (unpaired) electrons. The van der Waals surface area contributed by atoms with Crippen LogP contribution in [0, 0.1) is 11.8 Å². The van der Waals surface area contributed by atoms with Gasteiger partial charge in [-0.05, 0) is 54.4 Å². The van der Waals surface area contributed by atoms with Crippen molar-refractivity contribution in [1.82, 2.24) is 0 Å². The van der Waals surface area contributed by atoms with Gasteiger partial charge in [-0.2, -0.15) is 0 Å². The van der Waals surface area contributed by atoms with Crippen LogP contribution in [0.25, 0.3) is 11.1 Å². The maximum atomic E-state index is 4.12. The molecule has 25 heavy (non-hydrogen) atoms. The van der Waals surface area contributed by atoms with Gasteiger partial charge in [-0.1, -0.05) is 86.2 Å². The Morgan fingerprint density at radius 3 is 2.32 bits per heavy atom. The summed E-state index contributed by atoms with van der Waals surface area (Å²) in [7, 11) is 0. The molecule has 1 aliphatic carbocycles. The average Bonchev–Trinajstić information content (AvgIpc) is 2.94. The third-order valence-corrected chi connectivity index (χ3v) is 5.52. The van der Waals surface area contributed by atoms with Crippen molar-refractivity contribution in [2.24, 2.45) is 11.8 Å². The van der Waals surface area contributed by atoms with Crippen molar-refractivity contribution >= 4 is 0 Å². The normalized spacial score (nSPS) is 19.5. The van der Waals surface area contributed by atoms with Crippen LogP contribution in [0.1, 0.15) is 44.7 Å². The van der Waals surface area contributed by atoms with E-state index in [0.717, 1.165) is 0 Å². The van der Waals surface area contributed by atoms with Crippen molar-refractivity contribution < 1.29 is 26.2 Å². The minimum atomic E-state index is 0. The molecule has 0 bridgehead atoms. The zero-order valence-corrected chi connectivity index (χ0v) is 18.3. The molecule has 0 nitrogen and oxygen atoms in total. The average molecular weight is 408 g/mol. The van der Waals surface area contributed by atoms with E-state index in [4.69, 9.17) is 0 Å². The summed E-state index contributed by atoms with van der Waals surface area (Å²) in [5.41, 5.74) is 8.28. The molecular weight excluding hydrogens is 379 g/mol. The van der Waals surface area contributed by atoms with Gasteiger partial charge in [0.2, 0.25) is 0 Å². The third kappa shape index (κ3) is 4.14. The molecule has 0 saturated carbocycles. The van der Waals surface area contributed by atoms with Crippen LogP contribution in [0.5, 0.6) is 0 Å². The topological polar surface area (TPSA) is 0 Å². The fourth-order valence-electron chi connectivity index (χ4n) is 3.90. The van der Waals surface area contributed by atoms with E-state index >= 15 is 0 Å². The van der Waals surface area contributed by atoms with E-state index < -0.39 is 0 Å². The van der Waals surface area contributed by atoms with Gasteiger partial charge in [0.15, 0.2) is 0 Å². The predicted molar refractivity (Wildman–Crippen MR) is 105 cm³/mol. The van der Waals surface area contributed by atoms with E-state index in [1.54, 1.807) is 0 Å². The molecule has 1 aliphatic rings. The van der Waals surface area contributed by atoms with Gasteiger partial charge in [-0.3, -0.25) is 0 Å². The molecule has 128 valence electrons. The van der Waals surface area contributed by atoms with E-state index in [1.165, 1.54) is 39.8 Å². The van der Waals surface area contributed by atoms with E-state index in [1.807, 2.05) is 0 Å². The summed E-state index contributed by atoms with van der Waals surface area (Å²) in [5.74, 6) is 1.83. The summed E-state index contributed by atoms with van der Waals surface area (Å²) in [4.78, 5) is 0. The number of rotatable bonds is 4. The Morgan fingerprint density at radius 2 is 1.72 bits per heavy atom. The SMILES string of the molecule is C=C(C)C(C)=CC1c2cccc(-c3ccccc3)c2CC1C(C)C.[Zr]. The first-order valence-electron chi connectivity index (χ1n) is 9.00. The molecule has 0 saturated heterocycles. The first kappa shape index (κ1) is 20.1. The number of benzene rings is 2. The molecule has 0 aliphatic heterocycles. The minimum absolute atomic E-state index is 0. The Bertz CT molecular complexity index is 768. The van der Waals surface area contributed by atoms with Crippen LogP contribution >= 0.6 is 0 Å². The van der Waals surface area contributed by atoms with E-state index in [2.05, 4.69) is 88.9 Å². The monoisotopic (exact) mass is 406 g/mol. The molecule has 0 heterocycles. The second kappa shape index (κ2) is 8.46. The molecule has 2 aromatic rings. The Kier molecular flexibility index (Phi) is 6.81. The van der Waals surface area contributed by atoms with Crippen molar-refractivity contribution in [3.05, 3.63) is 83.5 Å². The summed E-state index contributed by atoms with van der Waals surface area (Å²) in [6, 6.07) is 17.6. The molecule has 0 amide bonds. The van der Waals surface area contributed by atoms with Crippen molar-refractivity contribution in [3.8, 4) is 11.1 Å². The number of hydrogen-bond donors (Lipinski definition) is 0. The van der Waals surface area contributed by atoms with Crippen LogP contribution in [0.3, 0.4) is 0 Å². The maximum Gasteiger partial charge on any atom is 0.00606 e. The van der Waals surface area contributed by atoms with Crippen LogP contribution < -0.4 is 0 Å². The van der Waals surface area contributed by atoms with Crippen LogP contribution in [0.4, 0.5) is 0 Å². The van der Waals surface area contributed by atoms with Crippen molar-refractivity contribution in [2.45, 2.75) is 40.0 Å². The third-order valence-electron chi connectivity index (χ3n) is 5.52. The predicted octanol–water partition coefficient (Wildman–Crippen LogP) is 6.79. The van der Waals surface area contributed by atoms with Crippen molar-refractivity contribution in [2.75, 3.05) is 0 Å². The van der Waals surface area contributed by atoms with E-state index in [-0.39, 0.29) is 26.2 Å². The summed E-state index contributed by atoms with van der Waals surface area (Å²) >= 11 is 0. The molecule has 2 aromatic carbocycles. The molecule has 0 N–H and O–H groups in total. The molecule has 3 rings (SSSR count). The molecule has 0 spiro atoms. The maximum absolute atomic E-state index is 4.12. The summed E-state index contributed by atoms with van der Waals surface area (Å²) < 4.78 is 0. The molecule has 2 unspecified atom stereocenters. The number of allylic oxidation sites excluding steroid dienone is 3. The van der Waals surface area contributed by atoms with Crippen molar-refractivity contribution in [3.63, 3.8) is 0 Å². The van der Waals surface area contributed by atoms with Gasteiger partial charge in [-0.25, -0.2) is 0 Å². The summed E-state index contributed by atoms with van der Waals surface area (Å²) in [6.07, 6.45) is 3.62. The van der Waals surface area contributed by atoms with Crippen LogP contribution in [0.15, 0.2) is 72.3 Å². The fraction of sp³-hybridized carbons (Fsp3) is 0.333. The molecule has 0 fully saturated rings. The van der Waals surface area contributed by atoms with E-state index in [9.17, 15) is 0 Å². The van der Waals surface area contributed by atoms with Gasteiger partial charge in [0, 0.05) is 32.1 Å². The van der Waals surface area contributed by atoms with Gasteiger partial charge in [-0.15, -0.1) is 0 Å². The molecule has 1 heteroatoms. The van der Waals surface area contributed by atoms with E-state index in [0.29, 0.717) is 17.8 Å². The molecule has 0 aromatic heterocycles. The van der Waals surface area contributed by atoms with Crippen LogP contribution in [0.2, 0.25) is 0 Å². The van der Waals surface area contributed by atoms with Crippen LogP contribution in [-0.2, 0) is 32.6 Å². The second-order valence-electron chi connectivity index (χ2n) is 7.51. The van der Waals surface area contributed by atoms with Crippen molar-refractivity contribution in [1.29, 1.82) is 0 Å².